The molecule has 0 aliphatic carbocycles. The first kappa shape index (κ1) is 18.2. The molecule has 128 valence electrons. The zero-order valence-corrected chi connectivity index (χ0v) is 13.1. The van der Waals surface area contributed by atoms with Crippen LogP contribution in [-0.4, -0.2) is 0 Å². The van der Waals surface area contributed by atoms with Crippen molar-refractivity contribution in [2.45, 2.75) is 32.4 Å². The highest BCUT2D eigenvalue weighted by molar-refractivity contribution is 5.61. The standard InChI is InChI=1S/C19H17F5/c1-2-3-17(20)18(21)15-8-4-13(5-9-15)12-14-6-10-16(11-7-14)19(22,23)24/h4-11H,2-3,12H2,1H3/b18-17+. The van der Waals surface area contributed by atoms with Crippen molar-refractivity contribution in [3.63, 3.8) is 0 Å². The van der Waals surface area contributed by atoms with Crippen molar-refractivity contribution < 1.29 is 22.0 Å². The molecule has 0 aromatic heterocycles. The van der Waals surface area contributed by atoms with E-state index in [2.05, 4.69) is 0 Å². The van der Waals surface area contributed by atoms with E-state index in [1.165, 1.54) is 24.3 Å². The summed E-state index contributed by atoms with van der Waals surface area (Å²) < 4.78 is 64.9. The molecule has 0 aliphatic heterocycles. The van der Waals surface area contributed by atoms with Gasteiger partial charge in [-0.2, -0.15) is 13.2 Å². The number of benzene rings is 2. The maximum absolute atomic E-state index is 13.8. The Bertz CT molecular complexity index is 694. The predicted molar refractivity (Wildman–Crippen MR) is 84.7 cm³/mol. The first-order chi connectivity index (χ1) is 11.3. The van der Waals surface area contributed by atoms with Gasteiger partial charge in [-0.3, -0.25) is 0 Å². The largest absolute Gasteiger partial charge is 0.416 e. The van der Waals surface area contributed by atoms with E-state index in [-0.39, 0.29) is 12.0 Å². The Morgan fingerprint density at radius 1 is 0.833 bits per heavy atom. The lowest BCUT2D eigenvalue weighted by molar-refractivity contribution is -0.137. The Kier molecular flexibility index (Phi) is 5.75. The Labute approximate surface area is 137 Å². The summed E-state index contributed by atoms with van der Waals surface area (Å²) in [7, 11) is 0. The molecule has 0 bridgehead atoms. The smallest absolute Gasteiger partial charge is 0.209 e. The van der Waals surface area contributed by atoms with E-state index >= 15 is 0 Å². The van der Waals surface area contributed by atoms with E-state index in [9.17, 15) is 22.0 Å². The van der Waals surface area contributed by atoms with E-state index in [4.69, 9.17) is 0 Å². The van der Waals surface area contributed by atoms with Crippen LogP contribution in [0, 0.1) is 0 Å². The highest BCUT2D eigenvalue weighted by Gasteiger charge is 2.29. The van der Waals surface area contributed by atoms with Gasteiger partial charge in [-0.25, -0.2) is 8.78 Å². The van der Waals surface area contributed by atoms with Gasteiger partial charge in [0, 0.05) is 12.0 Å². The lowest BCUT2D eigenvalue weighted by atomic mass is 10.0. The quantitative estimate of drug-likeness (QED) is 0.531. The topological polar surface area (TPSA) is 0 Å². The van der Waals surface area contributed by atoms with Crippen molar-refractivity contribution in [3.05, 3.63) is 76.6 Å². The van der Waals surface area contributed by atoms with Gasteiger partial charge in [0.05, 0.1) is 5.56 Å². The molecule has 2 aromatic carbocycles. The molecular formula is C19H17F5. The number of hydrogen-bond acceptors (Lipinski definition) is 0. The van der Waals surface area contributed by atoms with Crippen LogP contribution in [-0.2, 0) is 12.6 Å². The van der Waals surface area contributed by atoms with Crippen molar-refractivity contribution in [1.29, 1.82) is 0 Å². The second kappa shape index (κ2) is 7.60. The number of rotatable bonds is 5. The minimum atomic E-state index is -4.35. The first-order valence-electron chi connectivity index (χ1n) is 7.61. The fourth-order valence-electron chi connectivity index (χ4n) is 2.30. The van der Waals surface area contributed by atoms with E-state index in [1.807, 2.05) is 0 Å². The summed E-state index contributed by atoms with van der Waals surface area (Å²) in [6, 6.07) is 11.1. The van der Waals surface area contributed by atoms with Gasteiger partial charge in [-0.15, -0.1) is 0 Å². The van der Waals surface area contributed by atoms with Gasteiger partial charge < -0.3 is 0 Å². The summed E-state index contributed by atoms with van der Waals surface area (Å²) in [4.78, 5) is 0. The van der Waals surface area contributed by atoms with Crippen molar-refractivity contribution in [2.24, 2.45) is 0 Å². The molecule has 2 rings (SSSR count). The summed E-state index contributed by atoms with van der Waals surface area (Å²) >= 11 is 0. The van der Waals surface area contributed by atoms with Crippen LogP contribution < -0.4 is 0 Å². The number of alkyl halides is 3. The van der Waals surface area contributed by atoms with Gasteiger partial charge in [0.25, 0.3) is 0 Å². The summed E-state index contributed by atoms with van der Waals surface area (Å²) in [6.07, 6.45) is -3.36. The molecule has 0 fully saturated rings. The third-order valence-corrected chi connectivity index (χ3v) is 3.60. The van der Waals surface area contributed by atoms with Crippen LogP contribution in [0.5, 0.6) is 0 Å². The van der Waals surface area contributed by atoms with Crippen LogP contribution in [0.1, 0.15) is 42.0 Å². The molecule has 0 saturated carbocycles. The molecule has 5 heteroatoms. The molecule has 0 N–H and O–H groups in total. The normalized spacial score (nSPS) is 12.9. The lowest BCUT2D eigenvalue weighted by Gasteiger charge is -2.08. The molecule has 0 unspecified atom stereocenters. The zero-order valence-electron chi connectivity index (χ0n) is 13.1. The molecule has 2 aromatic rings. The molecule has 0 amide bonds. The van der Waals surface area contributed by atoms with Gasteiger partial charge >= 0.3 is 6.18 Å². The third-order valence-electron chi connectivity index (χ3n) is 3.60. The van der Waals surface area contributed by atoms with Crippen LogP contribution in [0.2, 0.25) is 0 Å². The van der Waals surface area contributed by atoms with Crippen LogP contribution in [0.25, 0.3) is 5.83 Å². The van der Waals surface area contributed by atoms with Gasteiger partial charge in [0.15, 0.2) is 5.83 Å². The monoisotopic (exact) mass is 340 g/mol. The SMILES string of the molecule is CCC/C(F)=C(\F)c1ccc(Cc2ccc(C(F)(F)F)cc2)cc1. The molecular weight excluding hydrogens is 323 g/mol. The number of hydrogen-bond donors (Lipinski definition) is 0. The predicted octanol–water partition coefficient (Wildman–Crippen LogP) is 6.70. The zero-order chi connectivity index (χ0) is 17.7. The van der Waals surface area contributed by atoms with Gasteiger partial charge in [-0.05, 0) is 36.1 Å². The Balaban J connectivity index is 2.10. The minimum Gasteiger partial charge on any atom is -0.209 e. The number of allylic oxidation sites excluding steroid dienone is 1. The van der Waals surface area contributed by atoms with Crippen LogP contribution >= 0.6 is 0 Å². The second-order valence-corrected chi connectivity index (χ2v) is 5.54. The van der Waals surface area contributed by atoms with E-state index < -0.39 is 23.4 Å². The van der Waals surface area contributed by atoms with Crippen molar-refractivity contribution in [1.82, 2.24) is 0 Å². The highest BCUT2D eigenvalue weighted by Crippen LogP contribution is 2.29. The van der Waals surface area contributed by atoms with Gasteiger partial charge in [0.1, 0.15) is 5.83 Å². The molecule has 0 atom stereocenters. The molecule has 0 saturated heterocycles. The van der Waals surface area contributed by atoms with Crippen molar-refractivity contribution in [2.75, 3.05) is 0 Å². The van der Waals surface area contributed by atoms with Crippen LogP contribution in [0.15, 0.2) is 54.4 Å². The Morgan fingerprint density at radius 3 is 1.79 bits per heavy atom. The molecule has 24 heavy (non-hydrogen) atoms. The van der Waals surface area contributed by atoms with Crippen LogP contribution in [0.3, 0.4) is 0 Å². The first-order valence-corrected chi connectivity index (χ1v) is 7.61. The van der Waals surface area contributed by atoms with E-state index in [0.29, 0.717) is 18.4 Å². The van der Waals surface area contributed by atoms with Crippen molar-refractivity contribution >= 4 is 5.83 Å². The lowest BCUT2D eigenvalue weighted by Crippen LogP contribution is -2.04. The summed E-state index contributed by atoms with van der Waals surface area (Å²) in [5, 5.41) is 0. The fraction of sp³-hybridized carbons (Fsp3) is 0.263. The molecule has 0 nitrogen and oxygen atoms in total. The van der Waals surface area contributed by atoms with Gasteiger partial charge in [-0.1, -0.05) is 43.3 Å². The maximum Gasteiger partial charge on any atom is 0.416 e. The molecule has 0 aliphatic rings. The van der Waals surface area contributed by atoms with Gasteiger partial charge in [0.2, 0.25) is 0 Å². The minimum absolute atomic E-state index is 0.0547. The summed E-state index contributed by atoms with van der Waals surface area (Å²) in [5.41, 5.74) is 0.989. The maximum atomic E-state index is 13.8. The molecule has 0 radical (unpaired) electrons. The number of halogens is 5. The summed E-state index contributed by atoms with van der Waals surface area (Å²) in [6.45, 7) is 1.76. The second-order valence-electron chi connectivity index (χ2n) is 5.54. The average Bonchev–Trinajstić information content (AvgIpc) is 2.55. The average molecular weight is 340 g/mol. The fourth-order valence-corrected chi connectivity index (χ4v) is 2.30. The van der Waals surface area contributed by atoms with E-state index in [1.54, 1.807) is 19.1 Å². The van der Waals surface area contributed by atoms with E-state index in [0.717, 1.165) is 17.7 Å². The molecule has 0 heterocycles. The highest BCUT2D eigenvalue weighted by atomic mass is 19.4. The Morgan fingerprint density at radius 2 is 1.33 bits per heavy atom. The van der Waals surface area contributed by atoms with Crippen LogP contribution in [0.4, 0.5) is 22.0 Å². The summed E-state index contributed by atoms with van der Waals surface area (Å²) in [5.74, 6) is -1.63. The third kappa shape index (κ3) is 4.66. The van der Waals surface area contributed by atoms with Crippen molar-refractivity contribution in [3.8, 4) is 0 Å². The Hall–Kier alpha value is -2.17. The molecule has 0 spiro atoms.